The average molecular weight is 535 g/mol. The number of aromatic nitrogens is 7. The predicted molar refractivity (Wildman–Crippen MR) is 137 cm³/mol. The van der Waals surface area contributed by atoms with E-state index in [-0.39, 0.29) is 23.8 Å². The van der Waals surface area contributed by atoms with Crippen molar-refractivity contribution in [3.8, 4) is 11.4 Å². The van der Waals surface area contributed by atoms with Crippen molar-refractivity contribution in [3.63, 3.8) is 0 Å². The van der Waals surface area contributed by atoms with Crippen LogP contribution >= 0.6 is 11.6 Å². The SMILES string of the molecule is Cc1ncc(C(=O)N2CCC(O)(Cn3cnc4c(cnn4-c4ccc(-n5cc(Cl)cn5)cc4)c3=O)CC2)o1. The molecule has 1 saturated heterocycles. The van der Waals surface area contributed by atoms with E-state index >= 15 is 0 Å². The Morgan fingerprint density at radius 3 is 2.47 bits per heavy atom. The van der Waals surface area contributed by atoms with Crippen LogP contribution in [0.1, 0.15) is 29.3 Å². The fourth-order valence-corrected chi connectivity index (χ4v) is 4.79. The highest BCUT2D eigenvalue weighted by Crippen LogP contribution is 2.25. The van der Waals surface area contributed by atoms with Crippen molar-refractivity contribution in [3.05, 3.63) is 82.4 Å². The Bertz CT molecular complexity index is 1690. The molecule has 0 aliphatic carbocycles. The van der Waals surface area contributed by atoms with Crippen LogP contribution in [0.25, 0.3) is 22.4 Å². The van der Waals surface area contributed by atoms with Crippen LogP contribution in [0.4, 0.5) is 0 Å². The third-order valence-electron chi connectivity index (χ3n) is 6.74. The monoisotopic (exact) mass is 534 g/mol. The minimum atomic E-state index is -1.16. The maximum atomic E-state index is 13.2. The van der Waals surface area contributed by atoms with Gasteiger partial charge in [-0.05, 0) is 37.1 Å². The standard InChI is InChI=1S/C25H23ClN8O4/c1-16-27-12-21(38-16)24(36)31-8-6-25(37,7-9-31)14-32-15-28-22-20(23(32)35)11-30-34(22)19-4-2-18(3-5-19)33-13-17(26)10-29-33/h2-5,10-13,15,37H,6-9,14H2,1H3. The summed E-state index contributed by atoms with van der Waals surface area (Å²) in [6.07, 6.45) is 8.19. The average Bonchev–Trinajstić information content (AvgIpc) is 3.66. The first-order valence-corrected chi connectivity index (χ1v) is 12.4. The maximum Gasteiger partial charge on any atom is 0.291 e. The summed E-state index contributed by atoms with van der Waals surface area (Å²) in [6, 6.07) is 7.43. The number of halogens is 1. The van der Waals surface area contributed by atoms with Gasteiger partial charge in [0.15, 0.2) is 11.5 Å². The smallest absolute Gasteiger partial charge is 0.291 e. The van der Waals surface area contributed by atoms with E-state index in [0.29, 0.717) is 47.9 Å². The van der Waals surface area contributed by atoms with Crippen LogP contribution in [0, 0.1) is 6.92 Å². The number of piperidine rings is 1. The van der Waals surface area contributed by atoms with Crippen molar-refractivity contribution in [1.29, 1.82) is 0 Å². The Morgan fingerprint density at radius 2 is 1.82 bits per heavy atom. The molecule has 12 nitrogen and oxygen atoms in total. The Labute approximate surface area is 220 Å². The number of aliphatic hydroxyl groups is 1. The fourth-order valence-electron chi connectivity index (χ4n) is 4.66. The lowest BCUT2D eigenvalue weighted by Crippen LogP contribution is -2.49. The van der Waals surface area contributed by atoms with Crippen molar-refractivity contribution in [2.24, 2.45) is 0 Å². The third-order valence-corrected chi connectivity index (χ3v) is 6.94. The van der Waals surface area contributed by atoms with Gasteiger partial charge in [-0.1, -0.05) is 11.6 Å². The Balaban J connectivity index is 1.18. The summed E-state index contributed by atoms with van der Waals surface area (Å²) >= 11 is 5.95. The molecule has 5 heterocycles. The van der Waals surface area contributed by atoms with Gasteiger partial charge in [0.2, 0.25) is 5.76 Å². The van der Waals surface area contributed by atoms with Crippen LogP contribution in [-0.4, -0.2) is 68.7 Å². The second-order valence-electron chi connectivity index (χ2n) is 9.35. The normalized spacial score (nSPS) is 15.3. The Hall–Kier alpha value is -4.29. The van der Waals surface area contributed by atoms with Gasteiger partial charge in [-0.15, -0.1) is 0 Å². The number of aryl methyl sites for hydroxylation is 1. The van der Waals surface area contributed by atoms with Gasteiger partial charge in [0, 0.05) is 26.2 Å². The van der Waals surface area contributed by atoms with Gasteiger partial charge in [-0.25, -0.2) is 19.3 Å². The van der Waals surface area contributed by atoms with Crippen LogP contribution in [0.2, 0.25) is 5.02 Å². The number of rotatable bonds is 5. The molecular formula is C25H23ClN8O4. The van der Waals surface area contributed by atoms with E-state index in [0.717, 1.165) is 11.4 Å². The lowest BCUT2D eigenvalue weighted by Gasteiger charge is -2.38. The summed E-state index contributed by atoms with van der Waals surface area (Å²) in [5, 5.41) is 20.6. The van der Waals surface area contributed by atoms with E-state index < -0.39 is 5.60 Å². The van der Waals surface area contributed by atoms with Gasteiger partial charge >= 0.3 is 0 Å². The zero-order chi connectivity index (χ0) is 26.4. The molecule has 5 aromatic rings. The zero-order valence-electron chi connectivity index (χ0n) is 20.4. The Kier molecular flexibility index (Phi) is 5.84. The van der Waals surface area contributed by atoms with Crippen LogP contribution < -0.4 is 5.56 Å². The van der Waals surface area contributed by atoms with Gasteiger partial charge in [0.1, 0.15) is 11.7 Å². The molecule has 1 aromatic carbocycles. The predicted octanol–water partition coefficient (Wildman–Crippen LogP) is 2.39. The number of benzene rings is 1. The summed E-state index contributed by atoms with van der Waals surface area (Å²) in [4.78, 5) is 35.9. The minimum Gasteiger partial charge on any atom is -0.436 e. The summed E-state index contributed by atoms with van der Waals surface area (Å²) < 4.78 is 9.97. The number of nitrogens with zero attached hydrogens (tertiary/aromatic N) is 8. The number of carbonyl (C=O) groups is 1. The number of oxazole rings is 1. The van der Waals surface area contributed by atoms with Crippen LogP contribution in [0.3, 0.4) is 0 Å². The van der Waals surface area contributed by atoms with E-state index in [1.807, 2.05) is 24.3 Å². The molecule has 1 aliphatic rings. The number of hydrogen-bond acceptors (Lipinski definition) is 8. The second-order valence-corrected chi connectivity index (χ2v) is 9.79. The molecule has 1 amide bonds. The number of likely N-dealkylation sites (tertiary alicyclic amines) is 1. The lowest BCUT2D eigenvalue weighted by atomic mass is 9.91. The van der Waals surface area contributed by atoms with Gasteiger partial charge in [-0.2, -0.15) is 10.2 Å². The lowest BCUT2D eigenvalue weighted by molar-refractivity contribution is -0.0304. The van der Waals surface area contributed by atoms with Gasteiger partial charge < -0.3 is 14.4 Å². The molecule has 1 N–H and O–H groups in total. The highest BCUT2D eigenvalue weighted by atomic mass is 35.5. The summed E-state index contributed by atoms with van der Waals surface area (Å²) in [5.41, 5.74) is 0.506. The molecule has 6 rings (SSSR count). The quantitative estimate of drug-likeness (QED) is 0.363. The van der Waals surface area contributed by atoms with Crippen molar-refractivity contribution >= 4 is 28.5 Å². The van der Waals surface area contributed by atoms with Gasteiger partial charge in [0.05, 0.1) is 47.1 Å². The van der Waals surface area contributed by atoms with Crippen LogP contribution in [-0.2, 0) is 6.54 Å². The Morgan fingerprint density at radius 1 is 1.08 bits per heavy atom. The third kappa shape index (κ3) is 4.37. The van der Waals surface area contributed by atoms with Crippen LogP contribution in [0.15, 0.2) is 64.6 Å². The van der Waals surface area contributed by atoms with Crippen molar-refractivity contribution in [2.75, 3.05) is 13.1 Å². The molecule has 4 aromatic heterocycles. The number of fused-ring (bicyclic) bond motifs is 1. The largest absolute Gasteiger partial charge is 0.436 e. The molecule has 0 atom stereocenters. The van der Waals surface area contributed by atoms with Gasteiger partial charge in [0.25, 0.3) is 11.5 Å². The summed E-state index contributed by atoms with van der Waals surface area (Å²) in [6.45, 7) is 2.40. The summed E-state index contributed by atoms with van der Waals surface area (Å²) in [7, 11) is 0. The number of carbonyl (C=O) groups excluding carboxylic acids is 1. The van der Waals surface area contributed by atoms with E-state index in [1.54, 1.807) is 33.6 Å². The molecule has 194 valence electrons. The molecule has 0 saturated carbocycles. The molecule has 0 spiro atoms. The molecule has 38 heavy (non-hydrogen) atoms. The highest BCUT2D eigenvalue weighted by Gasteiger charge is 2.35. The number of amides is 1. The molecule has 0 bridgehead atoms. The fraction of sp³-hybridized carbons (Fsp3) is 0.280. The molecule has 0 unspecified atom stereocenters. The topological polar surface area (TPSA) is 137 Å². The van der Waals surface area contributed by atoms with Crippen molar-refractivity contribution < 1.29 is 14.3 Å². The van der Waals surface area contributed by atoms with Crippen LogP contribution in [0.5, 0.6) is 0 Å². The molecule has 0 radical (unpaired) electrons. The molecule has 1 fully saturated rings. The zero-order valence-corrected chi connectivity index (χ0v) is 21.1. The van der Waals surface area contributed by atoms with E-state index in [1.165, 1.54) is 23.3 Å². The number of hydrogen-bond donors (Lipinski definition) is 1. The first kappa shape index (κ1) is 24.1. The minimum absolute atomic E-state index is 0.0600. The maximum absolute atomic E-state index is 13.2. The first-order chi connectivity index (χ1) is 18.3. The summed E-state index contributed by atoms with van der Waals surface area (Å²) in [5.74, 6) is 0.335. The van der Waals surface area contributed by atoms with Gasteiger partial charge in [-0.3, -0.25) is 14.2 Å². The molecular weight excluding hydrogens is 512 g/mol. The van der Waals surface area contributed by atoms with E-state index in [2.05, 4.69) is 20.2 Å². The van der Waals surface area contributed by atoms with E-state index in [4.69, 9.17) is 16.0 Å². The first-order valence-electron chi connectivity index (χ1n) is 12.0. The van der Waals surface area contributed by atoms with Crippen molar-refractivity contribution in [2.45, 2.75) is 31.9 Å². The molecule has 13 heteroatoms. The molecule has 1 aliphatic heterocycles. The second kappa shape index (κ2) is 9.23. The van der Waals surface area contributed by atoms with E-state index in [9.17, 15) is 14.7 Å². The van der Waals surface area contributed by atoms with Crippen molar-refractivity contribution in [1.82, 2.24) is 39.0 Å². The highest BCUT2D eigenvalue weighted by molar-refractivity contribution is 6.30.